The second kappa shape index (κ2) is 8.61. The summed E-state index contributed by atoms with van der Waals surface area (Å²) in [5.41, 5.74) is 2.70. The molecular weight excluding hydrogens is 422 g/mol. The van der Waals surface area contributed by atoms with Gasteiger partial charge >= 0.3 is 0 Å². The molecule has 1 N–H and O–H groups in total. The number of anilines is 1. The maximum atomic E-state index is 13.2. The Kier molecular flexibility index (Phi) is 5.71. The molecule has 0 unspecified atom stereocenters. The average Bonchev–Trinajstić information content (AvgIpc) is 3.25. The molecule has 7 heteroatoms. The van der Waals surface area contributed by atoms with Crippen LogP contribution in [0.15, 0.2) is 70.7 Å². The smallest absolute Gasteiger partial charge is 0.270 e. The zero-order chi connectivity index (χ0) is 22.8. The normalized spacial score (nSPS) is 15.2. The molecule has 2 aromatic carbocycles. The molecule has 2 heterocycles. The monoisotopic (exact) mass is 441 g/mol. The van der Waals surface area contributed by atoms with Crippen molar-refractivity contribution < 1.29 is 14.0 Å². The van der Waals surface area contributed by atoms with Gasteiger partial charge in [0.05, 0.1) is 17.3 Å². The molecule has 32 heavy (non-hydrogen) atoms. The van der Waals surface area contributed by atoms with Crippen LogP contribution in [0.25, 0.3) is 17.4 Å². The first kappa shape index (κ1) is 21.2. The van der Waals surface area contributed by atoms with E-state index in [-0.39, 0.29) is 10.7 Å². The van der Waals surface area contributed by atoms with E-state index in [1.807, 2.05) is 12.1 Å². The number of rotatable bonds is 4. The number of hydrogen-bond donors (Lipinski definition) is 1. The molecule has 1 aliphatic rings. The van der Waals surface area contributed by atoms with Gasteiger partial charge in [-0.05, 0) is 66.2 Å². The maximum absolute atomic E-state index is 13.2. The molecule has 4 rings (SSSR count). The predicted molar refractivity (Wildman–Crippen MR) is 126 cm³/mol. The Balaban J connectivity index is 1.67. The van der Waals surface area contributed by atoms with Gasteiger partial charge in [-0.1, -0.05) is 38.1 Å². The Bertz CT molecular complexity index is 1300. The second-order valence-electron chi connectivity index (χ2n) is 7.56. The van der Waals surface area contributed by atoms with Crippen molar-refractivity contribution >= 4 is 40.9 Å². The quantitative estimate of drug-likeness (QED) is 0.358. The molecule has 3 aromatic rings. The lowest BCUT2D eigenvalue weighted by Gasteiger charge is -2.29. The Morgan fingerprint density at radius 2 is 1.78 bits per heavy atom. The molecule has 2 amide bonds. The summed E-state index contributed by atoms with van der Waals surface area (Å²) in [6.45, 7) is 4.17. The van der Waals surface area contributed by atoms with E-state index in [2.05, 4.69) is 25.2 Å². The van der Waals surface area contributed by atoms with E-state index in [9.17, 15) is 14.9 Å². The molecule has 1 saturated heterocycles. The fraction of sp³-hybridized carbons (Fsp3) is 0.120. The SMILES string of the molecule is CC(C)c1ccc(N2C(=O)C(=Cc3ccc(-c4ccccc4C#N)o3)C(=O)NC2=S)cc1. The molecule has 1 aliphatic heterocycles. The zero-order valence-electron chi connectivity index (χ0n) is 17.5. The summed E-state index contributed by atoms with van der Waals surface area (Å²) in [6.07, 6.45) is 1.38. The number of nitrogens with one attached hydrogen (secondary N) is 1. The molecule has 0 radical (unpaired) electrons. The fourth-order valence-electron chi connectivity index (χ4n) is 3.41. The molecule has 1 aromatic heterocycles. The lowest BCUT2D eigenvalue weighted by Crippen LogP contribution is -2.54. The van der Waals surface area contributed by atoms with E-state index in [1.54, 1.807) is 48.5 Å². The lowest BCUT2D eigenvalue weighted by atomic mass is 10.0. The third-order valence-electron chi connectivity index (χ3n) is 5.15. The Morgan fingerprint density at radius 1 is 1.06 bits per heavy atom. The number of benzene rings is 2. The topological polar surface area (TPSA) is 86.3 Å². The average molecular weight is 442 g/mol. The first-order valence-corrected chi connectivity index (χ1v) is 10.4. The number of amides is 2. The third kappa shape index (κ3) is 3.96. The molecule has 0 spiro atoms. The summed E-state index contributed by atoms with van der Waals surface area (Å²) in [5.74, 6) is 0.00265. The van der Waals surface area contributed by atoms with Crippen LogP contribution < -0.4 is 10.2 Å². The minimum Gasteiger partial charge on any atom is -0.457 e. The van der Waals surface area contributed by atoms with Crippen molar-refractivity contribution in [2.45, 2.75) is 19.8 Å². The molecule has 6 nitrogen and oxygen atoms in total. The zero-order valence-corrected chi connectivity index (χ0v) is 18.3. The minimum atomic E-state index is -0.592. The van der Waals surface area contributed by atoms with Gasteiger partial charge in [-0.25, -0.2) is 0 Å². The maximum Gasteiger partial charge on any atom is 0.270 e. The number of nitriles is 1. The highest BCUT2D eigenvalue weighted by molar-refractivity contribution is 7.80. The molecule has 0 bridgehead atoms. The summed E-state index contributed by atoms with van der Waals surface area (Å²) in [7, 11) is 0. The summed E-state index contributed by atoms with van der Waals surface area (Å²) in [4.78, 5) is 27.0. The van der Waals surface area contributed by atoms with E-state index in [4.69, 9.17) is 16.6 Å². The van der Waals surface area contributed by atoms with E-state index in [0.29, 0.717) is 34.3 Å². The van der Waals surface area contributed by atoms with E-state index >= 15 is 0 Å². The van der Waals surface area contributed by atoms with Crippen LogP contribution in [0.3, 0.4) is 0 Å². The van der Waals surface area contributed by atoms with Gasteiger partial charge in [-0.3, -0.25) is 19.8 Å². The van der Waals surface area contributed by atoms with Crippen LogP contribution in [-0.2, 0) is 9.59 Å². The second-order valence-corrected chi connectivity index (χ2v) is 7.95. The number of carbonyl (C=O) groups excluding carboxylic acids is 2. The molecule has 158 valence electrons. The van der Waals surface area contributed by atoms with Gasteiger partial charge < -0.3 is 4.42 Å². The van der Waals surface area contributed by atoms with Crippen LogP contribution in [-0.4, -0.2) is 16.9 Å². The summed E-state index contributed by atoms with van der Waals surface area (Å²) in [6, 6.07) is 20.0. The Hall–Kier alpha value is -4.02. The highest BCUT2D eigenvalue weighted by Gasteiger charge is 2.34. The van der Waals surface area contributed by atoms with Gasteiger partial charge in [0.1, 0.15) is 17.1 Å². The number of carbonyl (C=O) groups is 2. The standard InChI is InChI=1S/C25H19N3O3S/c1-15(2)16-7-9-18(10-8-16)28-24(30)21(23(29)27-25(28)32)13-19-11-12-22(31-19)20-6-4-3-5-17(20)14-26/h3-13,15H,1-2H3,(H,27,29,32). The third-order valence-corrected chi connectivity index (χ3v) is 5.43. The van der Waals surface area contributed by atoms with E-state index in [1.165, 1.54) is 11.0 Å². The predicted octanol–water partition coefficient (Wildman–Crippen LogP) is 4.77. The van der Waals surface area contributed by atoms with Crippen LogP contribution in [0.5, 0.6) is 0 Å². The summed E-state index contributed by atoms with van der Waals surface area (Å²) < 4.78 is 5.81. The van der Waals surface area contributed by atoms with Gasteiger partial charge in [0.15, 0.2) is 5.11 Å². The van der Waals surface area contributed by atoms with Gasteiger partial charge in [-0.2, -0.15) is 5.26 Å². The minimum absolute atomic E-state index is 0.0255. The van der Waals surface area contributed by atoms with Crippen LogP contribution >= 0.6 is 12.2 Å². The first-order valence-electron chi connectivity index (χ1n) is 10.00. The van der Waals surface area contributed by atoms with Gasteiger partial charge in [0.2, 0.25) is 0 Å². The number of furan rings is 1. The van der Waals surface area contributed by atoms with E-state index < -0.39 is 11.8 Å². The van der Waals surface area contributed by atoms with Crippen LogP contribution in [0.4, 0.5) is 5.69 Å². The van der Waals surface area contributed by atoms with Crippen LogP contribution in [0.1, 0.15) is 36.7 Å². The lowest BCUT2D eigenvalue weighted by molar-refractivity contribution is -0.122. The molecule has 1 fully saturated rings. The first-order chi connectivity index (χ1) is 15.4. The molecule has 0 atom stereocenters. The fourth-order valence-corrected chi connectivity index (χ4v) is 3.69. The Labute approximate surface area is 190 Å². The summed E-state index contributed by atoms with van der Waals surface area (Å²) >= 11 is 5.25. The van der Waals surface area contributed by atoms with Crippen molar-refractivity contribution in [2.75, 3.05) is 4.90 Å². The largest absolute Gasteiger partial charge is 0.457 e. The molecule has 0 saturated carbocycles. The van der Waals surface area contributed by atoms with Crippen molar-refractivity contribution in [1.82, 2.24) is 5.32 Å². The van der Waals surface area contributed by atoms with Crippen molar-refractivity contribution in [2.24, 2.45) is 0 Å². The van der Waals surface area contributed by atoms with Gasteiger partial charge in [0.25, 0.3) is 11.8 Å². The van der Waals surface area contributed by atoms with Gasteiger partial charge in [-0.15, -0.1) is 0 Å². The van der Waals surface area contributed by atoms with Crippen molar-refractivity contribution in [3.63, 3.8) is 0 Å². The Morgan fingerprint density at radius 3 is 2.47 bits per heavy atom. The number of nitrogens with zero attached hydrogens (tertiary/aromatic N) is 2. The highest BCUT2D eigenvalue weighted by atomic mass is 32.1. The van der Waals surface area contributed by atoms with Crippen molar-refractivity contribution in [1.29, 1.82) is 5.26 Å². The highest BCUT2D eigenvalue weighted by Crippen LogP contribution is 2.28. The van der Waals surface area contributed by atoms with Crippen molar-refractivity contribution in [3.8, 4) is 17.4 Å². The van der Waals surface area contributed by atoms with Crippen LogP contribution in [0, 0.1) is 11.3 Å². The number of thiocarbonyl (C=S) groups is 1. The van der Waals surface area contributed by atoms with Crippen molar-refractivity contribution in [3.05, 3.63) is 83.1 Å². The van der Waals surface area contributed by atoms with Crippen LogP contribution in [0.2, 0.25) is 0 Å². The molecule has 0 aliphatic carbocycles. The number of hydrogen-bond acceptors (Lipinski definition) is 5. The van der Waals surface area contributed by atoms with E-state index in [0.717, 1.165) is 5.56 Å². The molecular formula is C25H19N3O3S. The summed E-state index contributed by atoms with van der Waals surface area (Å²) in [5, 5.41) is 11.9. The van der Waals surface area contributed by atoms with Gasteiger partial charge in [0, 0.05) is 5.56 Å².